The standard InChI is InChI=1S/C19H19N3O8S/c1-8(23)28-5-10-6-31-18-14(17(25)22(18)15(10)19(26)27)21-16(24)13(20)9-2-3-11-12(4-9)30-7-29-11/h2-4,13-14,18H,5-7,20H2,1H3,(H,21,24)(H,26,27)/t13?,14-,18-/m1/s1. The minimum atomic E-state index is -1.30. The molecule has 1 aromatic rings. The molecule has 3 aliphatic heterocycles. The van der Waals surface area contributed by atoms with Crippen LogP contribution in [0.2, 0.25) is 0 Å². The van der Waals surface area contributed by atoms with Gasteiger partial charge in [0.25, 0.3) is 5.91 Å². The summed E-state index contributed by atoms with van der Waals surface area (Å²) >= 11 is 1.27. The molecule has 2 amide bonds. The number of benzene rings is 1. The molecule has 3 aliphatic rings. The Morgan fingerprint density at radius 2 is 2.10 bits per heavy atom. The van der Waals surface area contributed by atoms with E-state index < -0.39 is 41.2 Å². The molecule has 0 aliphatic carbocycles. The lowest BCUT2D eigenvalue weighted by Gasteiger charge is -2.49. The molecule has 0 saturated carbocycles. The van der Waals surface area contributed by atoms with E-state index in [0.29, 0.717) is 22.6 Å². The topological polar surface area (TPSA) is 157 Å². The Morgan fingerprint density at radius 1 is 1.35 bits per heavy atom. The number of amides is 2. The first-order valence-electron chi connectivity index (χ1n) is 9.26. The van der Waals surface area contributed by atoms with Crippen molar-refractivity contribution in [1.29, 1.82) is 0 Å². The summed E-state index contributed by atoms with van der Waals surface area (Å²) in [5, 5.41) is 11.6. The molecule has 3 heterocycles. The van der Waals surface area contributed by atoms with E-state index >= 15 is 0 Å². The molecule has 1 unspecified atom stereocenters. The van der Waals surface area contributed by atoms with Gasteiger partial charge in [-0.15, -0.1) is 11.8 Å². The third-order valence-electron chi connectivity index (χ3n) is 5.04. The van der Waals surface area contributed by atoms with Crippen molar-refractivity contribution in [2.24, 2.45) is 5.73 Å². The monoisotopic (exact) mass is 449 g/mol. The number of nitrogens with two attached hydrogens (primary N) is 1. The van der Waals surface area contributed by atoms with E-state index in [1.807, 2.05) is 0 Å². The number of esters is 1. The lowest BCUT2D eigenvalue weighted by molar-refractivity contribution is -0.151. The summed E-state index contributed by atoms with van der Waals surface area (Å²) in [5.41, 5.74) is 6.63. The van der Waals surface area contributed by atoms with Crippen molar-refractivity contribution < 1.29 is 38.5 Å². The largest absolute Gasteiger partial charge is 0.477 e. The Balaban J connectivity index is 1.45. The summed E-state index contributed by atoms with van der Waals surface area (Å²) in [6.45, 7) is 1.08. The van der Waals surface area contributed by atoms with Crippen LogP contribution in [0.4, 0.5) is 0 Å². The minimum Gasteiger partial charge on any atom is -0.477 e. The van der Waals surface area contributed by atoms with E-state index in [9.17, 15) is 24.3 Å². The van der Waals surface area contributed by atoms with E-state index in [-0.39, 0.29) is 24.8 Å². The molecular formula is C19H19N3O8S. The Bertz CT molecular complexity index is 1010. The Kier molecular flexibility index (Phi) is 5.50. The fraction of sp³-hybridized carbons (Fsp3) is 0.368. The minimum absolute atomic E-state index is 0.0877. The fourth-order valence-electron chi connectivity index (χ4n) is 3.48. The van der Waals surface area contributed by atoms with Gasteiger partial charge in [-0.1, -0.05) is 6.07 Å². The van der Waals surface area contributed by atoms with Crippen molar-refractivity contribution >= 4 is 35.5 Å². The fourth-order valence-corrected chi connectivity index (χ4v) is 4.81. The second-order valence-electron chi connectivity index (χ2n) is 7.02. The number of hydrogen-bond donors (Lipinski definition) is 3. The van der Waals surface area contributed by atoms with Crippen molar-refractivity contribution in [3.05, 3.63) is 35.0 Å². The number of fused-ring (bicyclic) bond motifs is 2. The zero-order valence-electron chi connectivity index (χ0n) is 16.3. The maximum atomic E-state index is 12.7. The molecule has 0 spiro atoms. The van der Waals surface area contributed by atoms with Gasteiger partial charge in [0, 0.05) is 18.2 Å². The number of nitrogens with zero attached hydrogens (tertiary/aromatic N) is 1. The summed E-state index contributed by atoms with van der Waals surface area (Å²) < 4.78 is 15.4. The van der Waals surface area contributed by atoms with Gasteiger partial charge >= 0.3 is 11.9 Å². The first kappa shape index (κ1) is 21.0. The molecule has 0 aromatic heterocycles. The number of carbonyl (C=O) groups is 4. The number of aliphatic carboxylic acids is 1. The van der Waals surface area contributed by atoms with Gasteiger partial charge in [0.1, 0.15) is 29.8 Å². The summed E-state index contributed by atoms with van der Waals surface area (Å²) in [6.07, 6.45) is 0. The van der Waals surface area contributed by atoms with Gasteiger partial charge in [-0.2, -0.15) is 0 Å². The molecule has 0 bridgehead atoms. The molecule has 1 fully saturated rings. The first-order chi connectivity index (χ1) is 14.8. The van der Waals surface area contributed by atoms with E-state index in [0.717, 1.165) is 4.90 Å². The van der Waals surface area contributed by atoms with E-state index in [2.05, 4.69) is 5.32 Å². The number of thioether (sulfide) groups is 1. The number of carboxylic acid groups (broad SMARTS) is 1. The van der Waals surface area contributed by atoms with Gasteiger partial charge in [0.2, 0.25) is 12.7 Å². The highest BCUT2D eigenvalue weighted by molar-refractivity contribution is 8.00. The average molecular weight is 449 g/mol. The zero-order valence-corrected chi connectivity index (χ0v) is 17.1. The molecule has 0 radical (unpaired) electrons. The molecule has 4 rings (SSSR count). The third-order valence-corrected chi connectivity index (χ3v) is 6.38. The van der Waals surface area contributed by atoms with Crippen LogP contribution in [0.5, 0.6) is 11.5 Å². The van der Waals surface area contributed by atoms with Crippen molar-refractivity contribution in [2.75, 3.05) is 19.2 Å². The summed E-state index contributed by atoms with van der Waals surface area (Å²) in [5.74, 6) is -1.73. The quantitative estimate of drug-likeness (QED) is 0.389. The van der Waals surface area contributed by atoms with E-state index in [4.69, 9.17) is 19.9 Å². The predicted octanol–water partition coefficient (Wildman–Crippen LogP) is -0.283. The van der Waals surface area contributed by atoms with Gasteiger partial charge in [-0.25, -0.2) is 4.79 Å². The lowest BCUT2D eigenvalue weighted by atomic mass is 10.0. The summed E-state index contributed by atoms with van der Waals surface area (Å²) in [7, 11) is 0. The van der Waals surface area contributed by atoms with Crippen LogP contribution < -0.4 is 20.5 Å². The predicted molar refractivity (Wildman–Crippen MR) is 106 cm³/mol. The van der Waals surface area contributed by atoms with Crippen LogP contribution in [0.25, 0.3) is 0 Å². The van der Waals surface area contributed by atoms with Crippen molar-refractivity contribution in [3.8, 4) is 11.5 Å². The van der Waals surface area contributed by atoms with Crippen LogP contribution in [0.1, 0.15) is 18.5 Å². The van der Waals surface area contributed by atoms with Crippen LogP contribution >= 0.6 is 11.8 Å². The van der Waals surface area contributed by atoms with Crippen molar-refractivity contribution in [3.63, 3.8) is 0 Å². The number of β-lactam (4-membered cyclic amide) rings is 1. The van der Waals surface area contributed by atoms with Gasteiger partial charge in [-0.3, -0.25) is 19.3 Å². The number of carboxylic acids is 1. The highest BCUT2D eigenvalue weighted by Gasteiger charge is 2.54. The SMILES string of the molecule is CC(=O)OCC1=C(C(=O)O)N2C(=O)[C@@H](NC(=O)C(N)c3ccc4c(c3)OCO4)[C@H]2SC1. The second kappa shape index (κ2) is 8.12. The molecule has 1 saturated heterocycles. The summed E-state index contributed by atoms with van der Waals surface area (Å²) in [4.78, 5) is 49.2. The molecule has 31 heavy (non-hydrogen) atoms. The normalized spacial score (nSPS) is 22.4. The highest BCUT2D eigenvalue weighted by Crippen LogP contribution is 2.40. The maximum absolute atomic E-state index is 12.7. The maximum Gasteiger partial charge on any atom is 0.352 e. The second-order valence-corrected chi connectivity index (χ2v) is 8.13. The molecule has 1 aromatic carbocycles. The first-order valence-corrected chi connectivity index (χ1v) is 10.3. The van der Waals surface area contributed by atoms with Crippen molar-refractivity contribution in [1.82, 2.24) is 10.2 Å². The Labute approximate surface area is 180 Å². The number of carbonyl (C=O) groups excluding carboxylic acids is 3. The van der Waals surface area contributed by atoms with Gasteiger partial charge in [0.05, 0.1) is 0 Å². The molecule has 12 heteroatoms. The van der Waals surface area contributed by atoms with Crippen molar-refractivity contribution in [2.45, 2.75) is 24.4 Å². The Hall–Kier alpha value is -3.25. The zero-order chi connectivity index (χ0) is 22.3. The number of ether oxygens (including phenoxy) is 3. The third kappa shape index (κ3) is 3.79. The van der Waals surface area contributed by atoms with Crippen LogP contribution in [-0.2, 0) is 23.9 Å². The van der Waals surface area contributed by atoms with Crippen LogP contribution in [0, 0.1) is 0 Å². The molecule has 3 atom stereocenters. The number of nitrogens with one attached hydrogen (secondary N) is 1. The van der Waals surface area contributed by atoms with Gasteiger partial charge in [-0.05, 0) is 17.7 Å². The summed E-state index contributed by atoms with van der Waals surface area (Å²) in [6, 6.07) is 2.91. The lowest BCUT2D eigenvalue weighted by Crippen LogP contribution is -2.71. The van der Waals surface area contributed by atoms with E-state index in [1.165, 1.54) is 18.7 Å². The van der Waals surface area contributed by atoms with Crippen LogP contribution in [0.15, 0.2) is 29.5 Å². The molecule has 164 valence electrons. The average Bonchev–Trinajstić information content (AvgIpc) is 3.22. The van der Waals surface area contributed by atoms with Crippen LogP contribution in [0.3, 0.4) is 0 Å². The Morgan fingerprint density at radius 3 is 2.81 bits per heavy atom. The smallest absolute Gasteiger partial charge is 0.352 e. The molecular weight excluding hydrogens is 430 g/mol. The highest BCUT2D eigenvalue weighted by atomic mass is 32.2. The molecule has 11 nitrogen and oxygen atoms in total. The van der Waals surface area contributed by atoms with Gasteiger partial charge < -0.3 is 30.4 Å². The van der Waals surface area contributed by atoms with Crippen LogP contribution in [-0.4, -0.2) is 64.3 Å². The van der Waals surface area contributed by atoms with E-state index in [1.54, 1.807) is 18.2 Å². The molecule has 4 N–H and O–H groups in total. The number of hydrogen-bond acceptors (Lipinski definition) is 9. The number of rotatable bonds is 6. The van der Waals surface area contributed by atoms with Gasteiger partial charge in [0.15, 0.2) is 11.5 Å².